The SMILES string of the molecule is CCCN(CCC)C(=O)c1ccnc(C(=O)N(CC)c2cccc(C)c2)c1. The van der Waals surface area contributed by atoms with Crippen molar-refractivity contribution >= 4 is 17.5 Å². The number of nitrogens with zero attached hydrogens (tertiary/aromatic N) is 3. The van der Waals surface area contributed by atoms with Gasteiger partial charge in [-0.2, -0.15) is 0 Å². The first kappa shape index (κ1) is 20.6. The van der Waals surface area contributed by atoms with Crippen LogP contribution in [0.5, 0.6) is 0 Å². The molecule has 0 unspecified atom stereocenters. The maximum atomic E-state index is 13.0. The van der Waals surface area contributed by atoms with Crippen LogP contribution in [0, 0.1) is 6.92 Å². The van der Waals surface area contributed by atoms with Gasteiger partial charge in [0.1, 0.15) is 5.69 Å². The molecule has 0 N–H and O–H groups in total. The lowest BCUT2D eigenvalue weighted by atomic mass is 10.1. The van der Waals surface area contributed by atoms with Crippen LogP contribution in [-0.4, -0.2) is 41.3 Å². The number of hydrogen-bond acceptors (Lipinski definition) is 3. The Labute approximate surface area is 162 Å². The van der Waals surface area contributed by atoms with Crippen molar-refractivity contribution in [2.45, 2.75) is 40.5 Å². The third kappa shape index (κ3) is 5.16. The highest BCUT2D eigenvalue weighted by molar-refractivity contribution is 6.06. The van der Waals surface area contributed by atoms with Crippen molar-refractivity contribution in [1.29, 1.82) is 0 Å². The number of carbonyl (C=O) groups excluding carboxylic acids is 2. The van der Waals surface area contributed by atoms with Crippen molar-refractivity contribution in [3.05, 3.63) is 59.4 Å². The molecule has 1 aromatic heterocycles. The van der Waals surface area contributed by atoms with E-state index in [2.05, 4.69) is 18.8 Å². The molecule has 0 radical (unpaired) electrons. The second-order valence-corrected chi connectivity index (χ2v) is 6.61. The Bertz CT molecular complexity index is 783. The molecule has 0 atom stereocenters. The van der Waals surface area contributed by atoms with Gasteiger partial charge in [0.25, 0.3) is 11.8 Å². The Morgan fingerprint density at radius 2 is 1.67 bits per heavy atom. The molecule has 0 saturated carbocycles. The minimum atomic E-state index is -0.199. The van der Waals surface area contributed by atoms with Gasteiger partial charge in [0, 0.05) is 37.1 Å². The summed E-state index contributed by atoms with van der Waals surface area (Å²) in [5.74, 6) is -0.246. The van der Waals surface area contributed by atoms with Crippen LogP contribution in [0.25, 0.3) is 0 Å². The predicted octanol–water partition coefficient (Wildman–Crippen LogP) is 4.32. The van der Waals surface area contributed by atoms with Crippen LogP contribution in [0.1, 0.15) is 60.0 Å². The average Bonchev–Trinajstić information content (AvgIpc) is 2.68. The topological polar surface area (TPSA) is 53.5 Å². The summed E-state index contributed by atoms with van der Waals surface area (Å²) in [6.07, 6.45) is 3.35. The van der Waals surface area contributed by atoms with E-state index in [1.807, 2.05) is 43.0 Å². The van der Waals surface area contributed by atoms with Crippen LogP contribution in [-0.2, 0) is 0 Å². The van der Waals surface area contributed by atoms with Gasteiger partial charge in [-0.1, -0.05) is 26.0 Å². The molecule has 27 heavy (non-hydrogen) atoms. The molecule has 2 aromatic rings. The van der Waals surface area contributed by atoms with Crippen molar-refractivity contribution < 1.29 is 9.59 Å². The zero-order valence-corrected chi connectivity index (χ0v) is 16.7. The molecule has 0 aliphatic rings. The largest absolute Gasteiger partial charge is 0.339 e. The number of carbonyl (C=O) groups is 2. The number of aryl methyl sites for hydroxylation is 1. The number of aromatic nitrogens is 1. The summed E-state index contributed by atoms with van der Waals surface area (Å²) in [5.41, 5.74) is 2.72. The van der Waals surface area contributed by atoms with Gasteiger partial charge in [-0.15, -0.1) is 0 Å². The molecular formula is C22H29N3O2. The highest BCUT2D eigenvalue weighted by Gasteiger charge is 2.20. The van der Waals surface area contributed by atoms with Gasteiger partial charge in [0.15, 0.2) is 0 Å². The summed E-state index contributed by atoms with van der Waals surface area (Å²) in [5, 5.41) is 0. The van der Waals surface area contributed by atoms with E-state index in [1.54, 1.807) is 23.2 Å². The van der Waals surface area contributed by atoms with Crippen molar-refractivity contribution in [2.24, 2.45) is 0 Å². The van der Waals surface area contributed by atoms with Gasteiger partial charge < -0.3 is 9.80 Å². The molecule has 1 aromatic carbocycles. The van der Waals surface area contributed by atoms with Gasteiger partial charge in [0.05, 0.1) is 0 Å². The van der Waals surface area contributed by atoms with Crippen LogP contribution >= 0.6 is 0 Å². The molecular weight excluding hydrogens is 338 g/mol. The summed E-state index contributed by atoms with van der Waals surface area (Å²) in [4.78, 5) is 33.6. The third-order valence-electron chi connectivity index (χ3n) is 4.37. The third-order valence-corrected chi connectivity index (χ3v) is 4.37. The predicted molar refractivity (Wildman–Crippen MR) is 109 cm³/mol. The molecule has 1 heterocycles. The molecule has 2 amide bonds. The minimum Gasteiger partial charge on any atom is -0.339 e. The van der Waals surface area contributed by atoms with Gasteiger partial charge in [0.2, 0.25) is 0 Å². The summed E-state index contributed by atoms with van der Waals surface area (Å²) in [7, 11) is 0. The summed E-state index contributed by atoms with van der Waals surface area (Å²) in [6, 6.07) is 11.1. The number of benzene rings is 1. The highest BCUT2D eigenvalue weighted by atomic mass is 16.2. The van der Waals surface area contributed by atoms with E-state index >= 15 is 0 Å². The Kier molecular flexibility index (Phi) is 7.53. The smallest absolute Gasteiger partial charge is 0.276 e. The molecule has 0 aliphatic heterocycles. The number of amides is 2. The van der Waals surface area contributed by atoms with Crippen LogP contribution in [0.15, 0.2) is 42.6 Å². The van der Waals surface area contributed by atoms with E-state index in [0.29, 0.717) is 25.2 Å². The monoisotopic (exact) mass is 367 g/mol. The minimum absolute atomic E-state index is 0.0474. The fourth-order valence-corrected chi connectivity index (χ4v) is 3.10. The molecule has 5 nitrogen and oxygen atoms in total. The first-order chi connectivity index (χ1) is 13.0. The zero-order chi connectivity index (χ0) is 19.8. The second kappa shape index (κ2) is 9.86. The fraction of sp³-hybridized carbons (Fsp3) is 0.409. The lowest BCUT2D eigenvalue weighted by molar-refractivity contribution is 0.0755. The Hall–Kier alpha value is -2.69. The second-order valence-electron chi connectivity index (χ2n) is 6.61. The van der Waals surface area contributed by atoms with Gasteiger partial charge >= 0.3 is 0 Å². The van der Waals surface area contributed by atoms with Crippen LogP contribution in [0.3, 0.4) is 0 Å². The number of rotatable bonds is 8. The Morgan fingerprint density at radius 3 is 2.26 bits per heavy atom. The first-order valence-electron chi connectivity index (χ1n) is 9.65. The molecule has 5 heteroatoms. The molecule has 0 fully saturated rings. The van der Waals surface area contributed by atoms with Crippen LogP contribution in [0.4, 0.5) is 5.69 Å². The molecule has 0 bridgehead atoms. The normalized spacial score (nSPS) is 10.5. The van der Waals surface area contributed by atoms with Gasteiger partial charge in [-0.3, -0.25) is 14.6 Å². The van der Waals surface area contributed by atoms with E-state index in [-0.39, 0.29) is 17.5 Å². The average molecular weight is 367 g/mol. The maximum absolute atomic E-state index is 13.0. The summed E-state index contributed by atoms with van der Waals surface area (Å²) >= 11 is 0. The van der Waals surface area contributed by atoms with E-state index < -0.39 is 0 Å². The van der Waals surface area contributed by atoms with Crippen LogP contribution < -0.4 is 4.90 Å². The first-order valence-corrected chi connectivity index (χ1v) is 9.65. The van der Waals surface area contributed by atoms with E-state index in [4.69, 9.17) is 0 Å². The standard InChI is InChI=1S/C22H29N3O2/c1-5-13-24(14-6-2)21(26)18-11-12-23-20(16-18)22(27)25(7-3)19-10-8-9-17(4)15-19/h8-12,15-16H,5-7,13-14H2,1-4H3. The molecule has 0 spiro atoms. The van der Waals surface area contributed by atoms with Crippen LogP contribution in [0.2, 0.25) is 0 Å². The molecule has 0 saturated heterocycles. The van der Waals surface area contributed by atoms with Crippen molar-refractivity contribution in [3.63, 3.8) is 0 Å². The zero-order valence-electron chi connectivity index (χ0n) is 16.7. The molecule has 0 aliphatic carbocycles. The number of anilines is 1. The van der Waals surface area contributed by atoms with Gasteiger partial charge in [-0.25, -0.2) is 0 Å². The number of pyridine rings is 1. The lowest BCUT2D eigenvalue weighted by Gasteiger charge is -2.23. The highest BCUT2D eigenvalue weighted by Crippen LogP contribution is 2.18. The maximum Gasteiger partial charge on any atom is 0.276 e. The van der Waals surface area contributed by atoms with Gasteiger partial charge in [-0.05, 0) is 56.5 Å². The number of hydrogen-bond donors (Lipinski definition) is 0. The fourth-order valence-electron chi connectivity index (χ4n) is 3.10. The molecule has 144 valence electrons. The molecule has 2 rings (SSSR count). The lowest BCUT2D eigenvalue weighted by Crippen LogP contribution is -2.34. The van der Waals surface area contributed by atoms with E-state index in [9.17, 15) is 9.59 Å². The summed E-state index contributed by atoms with van der Waals surface area (Å²) < 4.78 is 0. The van der Waals surface area contributed by atoms with Crippen molar-refractivity contribution in [3.8, 4) is 0 Å². The summed E-state index contributed by atoms with van der Waals surface area (Å²) in [6.45, 7) is 9.98. The van der Waals surface area contributed by atoms with Crippen molar-refractivity contribution in [1.82, 2.24) is 9.88 Å². The quantitative estimate of drug-likeness (QED) is 0.698. The van der Waals surface area contributed by atoms with Crippen molar-refractivity contribution in [2.75, 3.05) is 24.5 Å². The van der Waals surface area contributed by atoms with E-state index in [1.165, 1.54) is 0 Å². The van der Waals surface area contributed by atoms with E-state index in [0.717, 1.165) is 24.1 Å². The Balaban J connectivity index is 2.29. The Morgan fingerprint density at radius 1 is 0.963 bits per heavy atom.